The average Bonchev–Trinajstić information content (AvgIpc) is 2.51. The molecule has 0 aromatic heterocycles. The third kappa shape index (κ3) is 3.44. The number of rotatable bonds is 3. The summed E-state index contributed by atoms with van der Waals surface area (Å²) in [5.74, 6) is 0. The molecule has 1 heterocycles. The minimum Gasteiger partial charge on any atom is -0.371 e. The van der Waals surface area contributed by atoms with Crippen LogP contribution in [0, 0.1) is 13.8 Å². The molecule has 21 heavy (non-hydrogen) atoms. The van der Waals surface area contributed by atoms with Crippen molar-refractivity contribution < 1.29 is 0 Å². The van der Waals surface area contributed by atoms with Crippen molar-refractivity contribution in [2.24, 2.45) is 0 Å². The van der Waals surface area contributed by atoms with Crippen LogP contribution in [0.3, 0.4) is 0 Å². The van der Waals surface area contributed by atoms with Gasteiger partial charge in [0.15, 0.2) is 0 Å². The summed E-state index contributed by atoms with van der Waals surface area (Å²) < 4.78 is 0. The highest BCUT2D eigenvalue weighted by Crippen LogP contribution is 2.37. The number of hydrogen-bond donors (Lipinski definition) is 0. The van der Waals surface area contributed by atoms with E-state index in [0.29, 0.717) is 0 Å². The topological polar surface area (TPSA) is 3.24 Å². The molecule has 1 aliphatic rings. The maximum Gasteiger partial charge on any atom is 0.0508 e. The van der Waals surface area contributed by atoms with Crippen LogP contribution in [0.2, 0.25) is 0 Å². The number of anilines is 1. The predicted molar refractivity (Wildman–Crippen MR) is 92.5 cm³/mol. The zero-order valence-corrected chi connectivity index (χ0v) is 13.7. The molecule has 110 valence electrons. The summed E-state index contributed by atoms with van der Waals surface area (Å²) in [4.78, 5) is 5.30. The van der Waals surface area contributed by atoms with E-state index in [4.69, 9.17) is 0 Å². The molecule has 2 heteroatoms. The van der Waals surface area contributed by atoms with Crippen molar-refractivity contribution >= 4 is 17.4 Å². The van der Waals surface area contributed by atoms with Gasteiger partial charge in [0.2, 0.25) is 0 Å². The standard InChI is InChI=1S/C19H23NS/c1-15-10-11-18(16(2)14-15)21-19-9-5-4-8-17(19)20-12-6-3-7-13-20/h4-5,8-11,14H,3,6-7,12-13H2,1-2H3. The van der Waals surface area contributed by atoms with Gasteiger partial charge in [-0.1, -0.05) is 41.6 Å². The van der Waals surface area contributed by atoms with E-state index < -0.39 is 0 Å². The first-order valence-corrected chi connectivity index (χ1v) is 8.65. The van der Waals surface area contributed by atoms with E-state index >= 15 is 0 Å². The van der Waals surface area contributed by atoms with Crippen molar-refractivity contribution in [2.45, 2.75) is 42.9 Å². The van der Waals surface area contributed by atoms with E-state index in [0.717, 1.165) is 0 Å². The van der Waals surface area contributed by atoms with Crippen LogP contribution in [0.5, 0.6) is 0 Å². The van der Waals surface area contributed by atoms with Gasteiger partial charge in [-0.3, -0.25) is 0 Å². The van der Waals surface area contributed by atoms with Gasteiger partial charge in [0, 0.05) is 22.9 Å². The summed E-state index contributed by atoms with van der Waals surface area (Å²) in [5.41, 5.74) is 4.11. The third-order valence-corrected chi connectivity index (χ3v) is 5.36. The molecule has 0 spiro atoms. The van der Waals surface area contributed by atoms with Crippen LogP contribution < -0.4 is 4.90 Å². The van der Waals surface area contributed by atoms with E-state index in [-0.39, 0.29) is 0 Å². The first-order valence-electron chi connectivity index (χ1n) is 7.83. The quantitative estimate of drug-likeness (QED) is 0.741. The Balaban J connectivity index is 1.88. The Hall–Kier alpha value is -1.41. The molecular formula is C19H23NS. The van der Waals surface area contributed by atoms with E-state index in [1.54, 1.807) is 0 Å². The fraction of sp³-hybridized carbons (Fsp3) is 0.368. The molecule has 0 aliphatic carbocycles. The van der Waals surface area contributed by atoms with E-state index in [1.165, 1.54) is 59.0 Å². The second-order valence-electron chi connectivity index (χ2n) is 5.89. The van der Waals surface area contributed by atoms with Gasteiger partial charge in [0.05, 0.1) is 5.69 Å². The molecular weight excluding hydrogens is 274 g/mol. The van der Waals surface area contributed by atoms with Gasteiger partial charge in [-0.15, -0.1) is 0 Å². The van der Waals surface area contributed by atoms with Crippen molar-refractivity contribution in [3.05, 3.63) is 53.6 Å². The van der Waals surface area contributed by atoms with Gasteiger partial charge in [-0.2, -0.15) is 0 Å². The van der Waals surface area contributed by atoms with Crippen molar-refractivity contribution in [3.63, 3.8) is 0 Å². The van der Waals surface area contributed by atoms with E-state index in [1.807, 2.05) is 11.8 Å². The van der Waals surface area contributed by atoms with Crippen molar-refractivity contribution in [1.82, 2.24) is 0 Å². The monoisotopic (exact) mass is 297 g/mol. The zero-order valence-electron chi connectivity index (χ0n) is 12.9. The summed E-state index contributed by atoms with van der Waals surface area (Å²) >= 11 is 1.90. The predicted octanol–water partition coefficient (Wildman–Crippen LogP) is 5.44. The number of piperidine rings is 1. The van der Waals surface area contributed by atoms with Crippen LogP contribution in [0.4, 0.5) is 5.69 Å². The number of para-hydroxylation sites is 1. The molecule has 1 fully saturated rings. The molecule has 2 aromatic carbocycles. The molecule has 1 nitrogen and oxygen atoms in total. The maximum atomic E-state index is 2.55. The Morgan fingerprint density at radius 1 is 0.857 bits per heavy atom. The van der Waals surface area contributed by atoms with Crippen molar-refractivity contribution in [1.29, 1.82) is 0 Å². The molecule has 0 unspecified atom stereocenters. The fourth-order valence-electron chi connectivity index (χ4n) is 2.97. The Morgan fingerprint density at radius 3 is 2.38 bits per heavy atom. The summed E-state index contributed by atoms with van der Waals surface area (Å²) in [6.07, 6.45) is 4.02. The van der Waals surface area contributed by atoms with Crippen LogP contribution >= 0.6 is 11.8 Å². The van der Waals surface area contributed by atoms with E-state index in [9.17, 15) is 0 Å². The number of hydrogen-bond acceptors (Lipinski definition) is 2. The molecule has 0 saturated carbocycles. The SMILES string of the molecule is Cc1ccc(Sc2ccccc2N2CCCCC2)c(C)c1. The summed E-state index contributed by atoms with van der Waals surface area (Å²) in [5, 5.41) is 0. The number of aryl methyl sites for hydroxylation is 2. The molecule has 1 aliphatic heterocycles. The molecule has 3 rings (SSSR count). The van der Waals surface area contributed by atoms with Crippen LogP contribution in [0.25, 0.3) is 0 Å². The Bertz CT molecular complexity index is 615. The second kappa shape index (κ2) is 6.57. The fourth-order valence-corrected chi connectivity index (χ4v) is 4.01. The Labute approximate surface area is 132 Å². The Morgan fingerprint density at radius 2 is 1.62 bits per heavy atom. The van der Waals surface area contributed by atoms with Crippen molar-refractivity contribution in [3.8, 4) is 0 Å². The lowest BCUT2D eigenvalue weighted by Crippen LogP contribution is -2.29. The second-order valence-corrected chi connectivity index (χ2v) is 6.97. The van der Waals surface area contributed by atoms with Crippen LogP contribution in [-0.4, -0.2) is 13.1 Å². The Kier molecular flexibility index (Phi) is 4.54. The molecule has 0 bridgehead atoms. The molecule has 2 aromatic rings. The first-order chi connectivity index (χ1) is 10.2. The summed E-state index contributed by atoms with van der Waals surface area (Å²) in [6, 6.07) is 15.6. The lowest BCUT2D eigenvalue weighted by molar-refractivity contribution is 0.575. The van der Waals surface area contributed by atoms with E-state index in [2.05, 4.69) is 61.2 Å². The maximum absolute atomic E-state index is 2.55. The third-order valence-electron chi connectivity index (χ3n) is 4.11. The molecule has 0 N–H and O–H groups in total. The number of benzene rings is 2. The van der Waals surface area contributed by atoms with Gasteiger partial charge in [-0.25, -0.2) is 0 Å². The van der Waals surface area contributed by atoms with Crippen LogP contribution in [0.1, 0.15) is 30.4 Å². The lowest BCUT2D eigenvalue weighted by atomic mass is 10.1. The summed E-state index contributed by atoms with van der Waals surface area (Å²) in [6.45, 7) is 6.76. The minimum atomic E-state index is 1.20. The molecule has 0 radical (unpaired) electrons. The smallest absolute Gasteiger partial charge is 0.0508 e. The van der Waals surface area contributed by atoms with Gasteiger partial charge in [0.1, 0.15) is 0 Å². The normalized spacial score (nSPS) is 15.2. The van der Waals surface area contributed by atoms with Crippen LogP contribution in [-0.2, 0) is 0 Å². The first kappa shape index (κ1) is 14.5. The molecule has 0 atom stereocenters. The zero-order chi connectivity index (χ0) is 14.7. The van der Waals surface area contributed by atoms with Crippen LogP contribution in [0.15, 0.2) is 52.3 Å². The number of nitrogens with zero attached hydrogens (tertiary/aromatic N) is 1. The van der Waals surface area contributed by atoms with Gasteiger partial charge < -0.3 is 4.90 Å². The largest absolute Gasteiger partial charge is 0.371 e. The molecule has 0 amide bonds. The van der Waals surface area contributed by atoms with Gasteiger partial charge >= 0.3 is 0 Å². The highest BCUT2D eigenvalue weighted by Gasteiger charge is 2.15. The van der Waals surface area contributed by atoms with Gasteiger partial charge in [0.25, 0.3) is 0 Å². The highest BCUT2D eigenvalue weighted by molar-refractivity contribution is 7.99. The average molecular weight is 297 g/mol. The summed E-state index contributed by atoms with van der Waals surface area (Å²) in [7, 11) is 0. The lowest BCUT2D eigenvalue weighted by Gasteiger charge is -2.30. The minimum absolute atomic E-state index is 1.20. The molecule has 1 saturated heterocycles. The van der Waals surface area contributed by atoms with Gasteiger partial charge in [-0.05, 0) is 56.9 Å². The highest BCUT2D eigenvalue weighted by atomic mass is 32.2. The van der Waals surface area contributed by atoms with Crippen molar-refractivity contribution in [2.75, 3.05) is 18.0 Å².